The highest BCUT2D eigenvalue weighted by atomic mass is 35.5. The molecule has 0 saturated heterocycles. The molecule has 1 heterocycles. The summed E-state index contributed by atoms with van der Waals surface area (Å²) in [5.41, 5.74) is 4.84. The van der Waals surface area contributed by atoms with Crippen LogP contribution in [0.2, 0.25) is 5.15 Å². The van der Waals surface area contributed by atoms with Crippen LogP contribution < -0.4 is 11.1 Å². The van der Waals surface area contributed by atoms with Crippen LogP contribution in [0, 0.1) is 5.41 Å². The molecule has 15 heavy (non-hydrogen) atoms. The maximum atomic E-state index is 11.7. The summed E-state index contributed by atoms with van der Waals surface area (Å²) in [4.78, 5) is 19.2. The number of carbonyl (C=O) groups is 1. The van der Waals surface area contributed by atoms with E-state index in [1.807, 2.05) is 0 Å². The predicted molar refractivity (Wildman–Crippen MR) is 58.5 cm³/mol. The van der Waals surface area contributed by atoms with E-state index in [9.17, 15) is 4.79 Å². The minimum absolute atomic E-state index is 0.195. The molecule has 1 rings (SSSR count). The van der Waals surface area contributed by atoms with Crippen molar-refractivity contribution in [2.75, 3.05) is 11.9 Å². The summed E-state index contributed by atoms with van der Waals surface area (Å²) >= 11 is 5.65. The molecule has 0 bridgehead atoms. The number of aromatic nitrogens is 2. The van der Waals surface area contributed by atoms with Gasteiger partial charge in [-0.15, -0.1) is 0 Å². The first-order valence-corrected chi connectivity index (χ1v) is 4.82. The lowest BCUT2D eigenvalue weighted by Gasteiger charge is -2.20. The van der Waals surface area contributed by atoms with E-state index in [4.69, 9.17) is 17.3 Å². The van der Waals surface area contributed by atoms with Crippen molar-refractivity contribution in [1.82, 2.24) is 9.97 Å². The zero-order valence-electron chi connectivity index (χ0n) is 8.62. The second-order valence-electron chi connectivity index (χ2n) is 3.77. The van der Waals surface area contributed by atoms with Crippen LogP contribution in [0.25, 0.3) is 0 Å². The van der Waals surface area contributed by atoms with Gasteiger partial charge in [0.25, 0.3) is 0 Å². The Balaban J connectivity index is 2.75. The zero-order chi connectivity index (χ0) is 11.5. The van der Waals surface area contributed by atoms with Crippen molar-refractivity contribution in [2.45, 2.75) is 13.8 Å². The van der Waals surface area contributed by atoms with Gasteiger partial charge in [-0.3, -0.25) is 4.79 Å². The molecule has 5 nitrogen and oxygen atoms in total. The molecule has 6 heteroatoms. The molecule has 82 valence electrons. The number of nitrogens with zero attached hydrogens (tertiary/aromatic N) is 2. The Morgan fingerprint density at radius 1 is 1.60 bits per heavy atom. The van der Waals surface area contributed by atoms with Crippen LogP contribution in [0.3, 0.4) is 0 Å². The Morgan fingerprint density at radius 2 is 2.27 bits per heavy atom. The fourth-order valence-electron chi connectivity index (χ4n) is 0.780. The highest BCUT2D eigenvalue weighted by Crippen LogP contribution is 2.16. The minimum Gasteiger partial charge on any atom is -0.329 e. The topological polar surface area (TPSA) is 80.9 Å². The number of halogens is 1. The third-order valence-corrected chi connectivity index (χ3v) is 2.21. The third-order valence-electron chi connectivity index (χ3n) is 2.00. The van der Waals surface area contributed by atoms with Crippen molar-refractivity contribution in [3.05, 3.63) is 17.5 Å². The predicted octanol–water partition coefficient (Wildman–Crippen LogP) is 1.05. The van der Waals surface area contributed by atoms with Crippen LogP contribution in [-0.4, -0.2) is 22.4 Å². The number of hydrogen-bond acceptors (Lipinski definition) is 4. The van der Waals surface area contributed by atoms with Crippen molar-refractivity contribution in [2.24, 2.45) is 11.1 Å². The number of nitrogens with one attached hydrogen (secondary N) is 1. The number of anilines is 1. The molecule has 0 spiro atoms. The van der Waals surface area contributed by atoms with Crippen LogP contribution >= 0.6 is 11.6 Å². The number of hydrogen-bond donors (Lipinski definition) is 2. The Hall–Kier alpha value is -1.20. The molecule has 0 saturated carbocycles. The monoisotopic (exact) mass is 228 g/mol. The van der Waals surface area contributed by atoms with Gasteiger partial charge in [-0.05, 0) is 13.8 Å². The van der Waals surface area contributed by atoms with Crippen LogP contribution in [0.15, 0.2) is 12.4 Å². The fraction of sp³-hybridized carbons (Fsp3) is 0.444. The molecular weight excluding hydrogens is 216 g/mol. The summed E-state index contributed by atoms with van der Waals surface area (Å²) in [6, 6.07) is 1.48. The second-order valence-corrected chi connectivity index (χ2v) is 4.16. The fourth-order valence-corrected chi connectivity index (χ4v) is 0.927. The molecule has 1 amide bonds. The van der Waals surface area contributed by atoms with Gasteiger partial charge in [0.15, 0.2) is 0 Å². The first kappa shape index (κ1) is 11.9. The average molecular weight is 229 g/mol. The maximum absolute atomic E-state index is 11.7. The average Bonchev–Trinajstić information content (AvgIpc) is 2.17. The van der Waals surface area contributed by atoms with Gasteiger partial charge in [0, 0.05) is 12.6 Å². The summed E-state index contributed by atoms with van der Waals surface area (Å²) < 4.78 is 0. The van der Waals surface area contributed by atoms with E-state index in [0.717, 1.165) is 0 Å². The van der Waals surface area contributed by atoms with E-state index in [0.29, 0.717) is 5.82 Å². The molecule has 0 aliphatic heterocycles. The molecule has 1 aromatic rings. The van der Waals surface area contributed by atoms with Crippen molar-refractivity contribution < 1.29 is 4.79 Å². The van der Waals surface area contributed by atoms with Crippen LogP contribution in [0.4, 0.5) is 5.82 Å². The minimum atomic E-state index is -0.628. The molecule has 0 unspecified atom stereocenters. The number of carbonyl (C=O) groups excluding carboxylic acids is 1. The lowest BCUT2D eigenvalue weighted by atomic mass is 9.93. The molecule has 3 N–H and O–H groups in total. The van der Waals surface area contributed by atoms with E-state index < -0.39 is 5.41 Å². The van der Waals surface area contributed by atoms with E-state index in [1.54, 1.807) is 13.8 Å². The molecule has 1 aromatic heterocycles. The van der Waals surface area contributed by atoms with Gasteiger partial charge in [-0.2, -0.15) is 0 Å². The van der Waals surface area contributed by atoms with Gasteiger partial charge >= 0.3 is 0 Å². The summed E-state index contributed by atoms with van der Waals surface area (Å²) in [5, 5.41) is 2.90. The number of rotatable bonds is 3. The summed E-state index contributed by atoms with van der Waals surface area (Å²) in [6.45, 7) is 3.77. The van der Waals surface area contributed by atoms with Gasteiger partial charge in [0.05, 0.1) is 5.41 Å². The molecule has 0 aliphatic carbocycles. The van der Waals surface area contributed by atoms with E-state index in [1.165, 1.54) is 12.4 Å². The lowest BCUT2D eigenvalue weighted by molar-refractivity contribution is -0.123. The first-order chi connectivity index (χ1) is 6.95. The quantitative estimate of drug-likeness (QED) is 0.758. The third kappa shape index (κ3) is 3.14. The van der Waals surface area contributed by atoms with E-state index in [2.05, 4.69) is 15.3 Å². The number of nitrogens with two attached hydrogens (primary N) is 1. The highest BCUT2D eigenvalue weighted by molar-refractivity contribution is 6.29. The Labute approximate surface area is 93.0 Å². The number of amides is 1. The molecular formula is C9H13ClN4O. The summed E-state index contributed by atoms with van der Waals surface area (Å²) in [5.74, 6) is 0.182. The van der Waals surface area contributed by atoms with Gasteiger partial charge < -0.3 is 11.1 Å². The standard InChI is InChI=1S/C9H13ClN4O/c1-9(2,4-11)8(15)14-7-3-6(10)12-5-13-7/h3,5H,4,11H2,1-2H3,(H,12,13,14,15). The molecule has 0 fully saturated rings. The highest BCUT2D eigenvalue weighted by Gasteiger charge is 2.25. The van der Waals surface area contributed by atoms with E-state index in [-0.39, 0.29) is 17.6 Å². The second kappa shape index (κ2) is 4.55. The van der Waals surface area contributed by atoms with Crippen molar-refractivity contribution in [3.63, 3.8) is 0 Å². The Bertz CT molecular complexity index is 367. The molecule has 0 radical (unpaired) electrons. The summed E-state index contributed by atoms with van der Waals surface area (Å²) in [7, 11) is 0. The van der Waals surface area contributed by atoms with Crippen molar-refractivity contribution >= 4 is 23.3 Å². The van der Waals surface area contributed by atoms with Crippen LogP contribution in [-0.2, 0) is 4.79 Å². The maximum Gasteiger partial charge on any atom is 0.232 e. The molecule has 0 aromatic carbocycles. The van der Waals surface area contributed by atoms with E-state index >= 15 is 0 Å². The van der Waals surface area contributed by atoms with Crippen molar-refractivity contribution in [1.29, 1.82) is 0 Å². The van der Waals surface area contributed by atoms with Crippen molar-refractivity contribution in [3.8, 4) is 0 Å². The zero-order valence-corrected chi connectivity index (χ0v) is 9.38. The smallest absolute Gasteiger partial charge is 0.232 e. The first-order valence-electron chi connectivity index (χ1n) is 4.45. The van der Waals surface area contributed by atoms with Gasteiger partial charge in [-0.25, -0.2) is 9.97 Å². The summed E-state index contributed by atoms with van der Waals surface area (Å²) in [6.07, 6.45) is 1.29. The van der Waals surface area contributed by atoms with Crippen LogP contribution in [0.1, 0.15) is 13.8 Å². The van der Waals surface area contributed by atoms with Gasteiger partial charge in [0.2, 0.25) is 5.91 Å². The van der Waals surface area contributed by atoms with Crippen LogP contribution in [0.5, 0.6) is 0 Å². The Morgan fingerprint density at radius 3 is 2.80 bits per heavy atom. The van der Waals surface area contributed by atoms with Gasteiger partial charge in [-0.1, -0.05) is 11.6 Å². The lowest BCUT2D eigenvalue weighted by Crippen LogP contribution is -2.37. The Kier molecular flexibility index (Phi) is 3.60. The normalized spacial score (nSPS) is 11.2. The largest absolute Gasteiger partial charge is 0.329 e. The SMILES string of the molecule is CC(C)(CN)C(=O)Nc1cc(Cl)ncn1. The van der Waals surface area contributed by atoms with Gasteiger partial charge in [0.1, 0.15) is 17.3 Å². The molecule has 0 atom stereocenters. The molecule has 0 aliphatic rings.